The Bertz CT molecular complexity index is 1090. The minimum absolute atomic E-state index is 0.181. The molecule has 1 aromatic carbocycles. The van der Waals surface area contributed by atoms with Crippen molar-refractivity contribution in [3.05, 3.63) is 64.2 Å². The molecule has 29 heavy (non-hydrogen) atoms. The molecule has 0 spiro atoms. The molecule has 1 saturated heterocycles. The van der Waals surface area contributed by atoms with Gasteiger partial charge in [-0.2, -0.15) is 5.10 Å². The van der Waals surface area contributed by atoms with E-state index in [2.05, 4.69) is 20.3 Å². The summed E-state index contributed by atoms with van der Waals surface area (Å²) in [7, 11) is 0. The molecular weight excluding hydrogens is 366 g/mol. The van der Waals surface area contributed by atoms with Gasteiger partial charge in [-0.1, -0.05) is 24.3 Å². The Morgan fingerprint density at radius 1 is 1.07 bits per heavy atom. The number of carbonyl (C=O) groups is 1. The predicted molar refractivity (Wildman–Crippen MR) is 113 cm³/mol. The summed E-state index contributed by atoms with van der Waals surface area (Å²) in [6, 6.07) is 11.0. The van der Waals surface area contributed by atoms with Gasteiger partial charge in [0.1, 0.15) is 5.82 Å². The van der Waals surface area contributed by atoms with Crippen molar-refractivity contribution in [2.75, 3.05) is 18.0 Å². The molecule has 3 aromatic rings. The van der Waals surface area contributed by atoms with Crippen LogP contribution in [0.1, 0.15) is 42.2 Å². The maximum absolute atomic E-state index is 13.0. The van der Waals surface area contributed by atoms with Gasteiger partial charge in [-0.3, -0.25) is 9.59 Å². The van der Waals surface area contributed by atoms with E-state index in [4.69, 9.17) is 0 Å². The van der Waals surface area contributed by atoms with Crippen molar-refractivity contribution in [1.29, 1.82) is 0 Å². The van der Waals surface area contributed by atoms with Crippen LogP contribution in [0, 0.1) is 0 Å². The van der Waals surface area contributed by atoms with E-state index in [0.29, 0.717) is 23.9 Å². The van der Waals surface area contributed by atoms with Crippen LogP contribution in [0.15, 0.2) is 47.4 Å². The van der Waals surface area contributed by atoms with Crippen LogP contribution in [-0.4, -0.2) is 33.8 Å². The Kier molecular flexibility index (Phi) is 5.55. The van der Waals surface area contributed by atoms with E-state index in [1.807, 2.05) is 25.1 Å². The lowest BCUT2D eigenvalue weighted by Gasteiger charge is -2.29. The van der Waals surface area contributed by atoms with Crippen LogP contribution < -0.4 is 15.8 Å². The number of anilines is 1. The van der Waals surface area contributed by atoms with Gasteiger partial charge in [0.15, 0.2) is 5.69 Å². The molecule has 0 atom stereocenters. The number of nitrogens with zero attached hydrogens (tertiary/aromatic N) is 4. The standard InChI is InChI=1S/C22H25N5O2/c1-2-27-22(29)18-11-5-4-10-17(18)19(25-27)21(28)24-15-16-9-8-12-23-20(16)26-13-6-3-7-14-26/h4-5,8-12H,2-3,6-7,13-15H2,1H3,(H,24,28). The summed E-state index contributed by atoms with van der Waals surface area (Å²) in [5.74, 6) is 0.640. The number of pyridine rings is 1. The summed E-state index contributed by atoms with van der Waals surface area (Å²) in [4.78, 5) is 32.3. The van der Waals surface area contributed by atoms with Crippen molar-refractivity contribution < 1.29 is 4.79 Å². The maximum Gasteiger partial charge on any atom is 0.274 e. The minimum atomic E-state index is -0.295. The van der Waals surface area contributed by atoms with Crippen LogP contribution in [0.5, 0.6) is 0 Å². The molecule has 1 N–H and O–H groups in total. The Balaban J connectivity index is 1.60. The van der Waals surface area contributed by atoms with Crippen LogP contribution in [-0.2, 0) is 13.1 Å². The third kappa shape index (κ3) is 3.85. The first kappa shape index (κ1) is 19.1. The Morgan fingerprint density at radius 3 is 2.59 bits per heavy atom. The molecule has 0 radical (unpaired) electrons. The smallest absolute Gasteiger partial charge is 0.274 e. The van der Waals surface area contributed by atoms with Gasteiger partial charge in [0.05, 0.1) is 5.39 Å². The van der Waals surface area contributed by atoms with Crippen molar-refractivity contribution in [2.45, 2.75) is 39.3 Å². The predicted octanol–water partition coefficient (Wildman–Crippen LogP) is 2.73. The molecule has 3 heterocycles. The number of aryl methyl sites for hydroxylation is 1. The Labute approximate surface area is 169 Å². The largest absolute Gasteiger partial charge is 0.356 e. The van der Waals surface area contributed by atoms with Crippen molar-refractivity contribution in [1.82, 2.24) is 20.1 Å². The van der Waals surface area contributed by atoms with Crippen LogP contribution in [0.3, 0.4) is 0 Å². The highest BCUT2D eigenvalue weighted by atomic mass is 16.2. The lowest BCUT2D eigenvalue weighted by molar-refractivity contribution is 0.0945. The number of hydrogen-bond acceptors (Lipinski definition) is 5. The van der Waals surface area contributed by atoms with Gasteiger partial charge in [0.2, 0.25) is 0 Å². The number of amides is 1. The normalized spacial score (nSPS) is 14.2. The molecule has 0 saturated carbocycles. The van der Waals surface area contributed by atoms with Gasteiger partial charge in [0.25, 0.3) is 11.5 Å². The average Bonchev–Trinajstić information content (AvgIpc) is 2.79. The molecule has 2 aromatic heterocycles. The molecule has 150 valence electrons. The van der Waals surface area contributed by atoms with Gasteiger partial charge in [0, 0.05) is 43.3 Å². The highest BCUT2D eigenvalue weighted by molar-refractivity contribution is 6.04. The molecule has 0 aliphatic carbocycles. The molecule has 7 nitrogen and oxygen atoms in total. The lowest BCUT2D eigenvalue weighted by atomic mass is 10.1. The summed E-state index contributed by atoms with van der Waals surface area (Å²) < 4.78 is 1.33. The first-order valence-corrected chi connectivity index (χ1v) is 10.2. The number of carbonyl (C=O) groups excluding carboxylic acids is 1. The van der Waals surface area contributed by atoms with Crippen LogP contribution in [0.2, 0.25) is 0 Å². The monoisotopic (exact) mass is 391 g/mol. The maximum atomic E-state index is 13.0. The molecule has 1 fully saturated rings. The lowest BCUT2D eigenvalue weighted by Crippen LogP contribution is -2.33. The first-order chi connectivity index (χ1) is 14.2. The third-order valence-corrected chi connectivity index (χ3v) is 5.34. The highest BCUT2D eigenvalue weighted by Crippen LogP contribution is 2.21. The second-order valence-electron chi connectivity index (χ2n) is 7.23. The number of nitrogens with one attached hydrogen (secondary N) is 1. The SMILES string of the molecule is CCn1nc(C(=O)NCc2cccnc2N2CCCCC2)c2ccccc2c1=O. The van der Waals surface area contributed by atoms with Crippen molar-refractivity contribution in [3.63, 3.8) is 0 Å². The zero-order valence-corrected chi connectivity index (χ0v) is 16.6. The Hall–Kier alpha value is -3.22. The first-order valence-electron chi connectivity index (χ1n) is 10.2. The number of fused-ring (bicyclic) bond motifs is 1. The molecule has 4 rings (SSSR count). The van der Waals surface area contributed by atoms with E-state index >= 15 is 0 Å². The van der Waals surface area contributed by atoms with Gasteiger partial charge < -0.3 is 10.2 Å². The molecule has 0 unspecified atom stereocenters. The zero-order valence-electron chi connectivity index (χ0n) is 16.6. The number of rotatable bonds is 5. The molecule has 1 aliphatic heterocycles. The summed E-state index contributed by atoms with van der Waals surface area (Å²) in [6.07, 6.45) is 5.37. The number of aromatic nitrogens is 3. The summed E-state index contributed by atoms with van der Waals surface area (Å²) in [5, 5.41) is 8.36. The fourth-order valence-electron chi connectivity index (χ4n) is 3.84. The summed E-state index contributed by atoms with van der Waals surface area (Å²) in [6.45, 7) is 4.59. The topological polar surface area (TPSA) is 80.1 Å². The molecule has 1 amide bonds. The van der Waals surface area contributed by atoms with E-state index in [-0.39, 0.29) is 17.2 Å². The highest BCUT2D eigenvalue weighted by Gasteiger charge is 2.18. The van der Waals surface area contributed by atoms with Crippen molar-refractivity contribution in [2.24, 2.45) is 0 Å². The third-order valence-electron chi connectivity index (χ3n) is 5.34. The van der Waals surface area contributed by atoms with E-state index < -0.39 is 0 Å². The average molecular weight is 391 g/mol. The second kappa shape index (κ2) is 8.43. The fourth-order valence-corrected chi connectivity index (χ4v) is 3.84. The van der Waals surface area contributed by atoms with Crippen LogP contribution >= 0.6 is 0 Å². The van der Waals surface area contributed by atoms with E-state index in [0.717, 1.165) is 37.3 Å². The molecule has 1 aliphatic rings. The number of hydrogen-bond donors (Lipinski definition) is 1. The van der Waals surface area contributed by atoms with Crippen molar-refractivity contribution in [3.8, 4) is 0 Å². The fraction of sp³-hybridized carbons (Fsp3) is 0.364. The van der Waals surface area contributed by atoms with Crippen molar-refractivity contribution >= 4 is 22.5 Å². The van der Waals surface area contributed by atoms with Gasteiger partial charge in [-0.25, -0.2) is 9.67 Å². The minimum Gasteiger partial charge on any atom is -0.356 e. The van der Waals surface area contributed by atoms with E-state index in [1.54, 1.807) is 24.4 Å². The van der Waals surface area contributed by atoms with Gasteiger partial charge in [-0.15, -0.1) is 0 Å². The van der Waals surface area contributed by atoms with Crippen LogP contribution in [0.25, 0.3) is 10.8 Å². The number of benzene rings is 1. The van der Waals surface area contributed by atoms with E-state index in [1.165, 1.54) is 11.1 Å². The zero-order chi connectivity index (χ0) is 20.2. The van der Waals surface area contributed by atoms with Crippen LogP contribution in [0.4, 0.5) is 5.82 Å². The second-order valence-corrected chi connectivity index (χ2v) is 7.23. The summed E-state index contributed by atoms with van der Waals surface area (Å²) >= 11 is 0. The van der Waals surface area contributed by atoms with Gasteiger partial charge in [-0.05, 0) is 38.3 Å². The molecule has 0 bridgehead atoms. The van der Waals surface area contributed by atoms with E-state index in [9.17, 15) is 9.59 Å². The molecular formula is C22H25N5O2. The molecule has 7 heteroatoms. The Morgan fingerprint density at radius 2 is 1.83 bits per heavy atom. The quantitative estimate of drug-likeness (QED) is 0.723. The summed E-state index contributed by atoms with van der Waals surface area (Å²) in [5.41, 5.74) is 1.07. The van der Waals surface area contributed by atoms with Gasteiger partial charge >= 0.3 is 0 Å². The number of piperidine rings is 1.